The summed E-state index contributed by atoms with van der Waals surface area (Å²) < 4.78 is 27.8. The SMILES string of the molecule is O=c1c(Cl)c(Sc2ccc(F)cc2F)cnn1-c1ccccc1. The average molecular weight is 351 g/mol. The molecule has 0 bridgehead atoms. The van der Waals surface area contributed by atoms with Crippen LogP contribution in [0.1, 0.15) is 0 Å². The van der Waals surface area contributed by atoms with E-state index in [-0.39, 0.29) is 9.92 Å². The lowest BCUT2D eigenvalue weighted by atomic mass is 10.3. The molecule has 0 fully saturated rings. The smallest absolute Gasteiger partial charge is 0.266 e. The Labute approximate surface area is 139 Å². The summed E-state index contributed by atoms with van der Waals surface area (Å²) in [5.74, 6) is -1.39. The van der Waals surface area contributed by atoms with Crippen LogP contribution in [0.3, 0.4) is 0 Å². The number of para-hydroxylation sites is 1. The third kappa shape index (κ3) is 3.28. The van der Waals surface area contributed by atoms with Gasteiger partial charge in [-0.25, -0.2) is 8.78 Å². The van der Waals surface area contributed by atoms with Gasteiger partial charge in [-0.05, 0) is 24.3 Å². The van der Waals surface area contributed by atoms with Crippen LogP contribution in [-0.2, 0) is 0 Å². The number of rotatable bonds is 3. The molecule has 3 aromatic rings. The van der Waals surface area contributed by atoms with Crippen molar-refractivity contribution in [3.8, 4) is 5.69 Å². The molecule has 0 unspecified atom stereocenters. The molecule has 0 aliphatic rings. The van der Waals surface area contributed by atoms with Crippen molar-refractivity contribution in [2.24, 2.45) is 0 Å². The van der Waals surface area contributed by atoms with Crippen molar-refractivity contribution < 1.29 is 8.78 Å². The third-order valence-electron chi connectivity index (χ3n) is 3.00. The van der Waals surface area contributed by atoms with E-state index in [4.69, 9.17) is 11.6 Å². The van der Waals surface area contributed by atoms with E-state index in [2.05, 4.69) is 5.10 Å². The summed E-state index contributed by atoms with van der Waals surface area (Å²) in [7, 11) is 0. The van der Waals surface area contributed by atoms with Crippen LogP contribution in [0.15, 0.2) is 69.3 Å². The molecule has 0 aliphatic heterocycles. The first kappa shape index (κ1) is 15.7. The monoisotopic (exact) mass is 350 g/mol. The second-order valence-corrected chi connectivity index (χ2v) is 6.01. The second kappa shape index (κ2) is 6.52. The largest absolute Gasteiger partial charge is 0.291 e. The van der Waals surface area contributed by atoms with Gasteiger partial charge in [-0.2, -0.15) is 9.78 Å². The van der Waals surface area contributed by atoms with Crippen molar-refractivity contribution in [3.63, 3.8) is 0 Å². The van der Waals surface area contributed by atoms with Crippen LogP contribution in [0, 0.1) is 11.6 Å². The number of halogens is 3. The van der Waals surface area contributed by atoms with E-state index in [1.807, 2.05) is 6.07 Å². The maximum absolute atomic E-state index is 13.7. The lowest BCUT2D eigenvalue weighted by Gasteiger charge is -2.08. The number of hydrogen-bond donors (Lipinski definition) is 0. The number of aromatic nitrogens is 2. The van der Waals surface area contributed by atoms with Crippen LogP contribution >= 0.6 is 23.4 Å². The van der Waals surface area contributed by atoms with Crippen molar-refractivity contribution in [3.05, 3.63) is 81.7 Å². The van der Waals surface area contributed by atoms with Gasteiger partial charge in [0.1, 0.15) is 16.7 Å². The third-order valence-corrected chi connectivity index (χ3v) is 4.56. The van der Waals surface area contributed by atoms with E-state index >= 15 is 0 Å². The molecule has 1 aromatic heterocycles. The van der Waals surface area contributed by atoms with E-state index < -0.39 is 17.2 Å². The molecule has 3 nitrogen and oxygen atoms in total. The van der Waals surface area contributed by atoms with Gasteiger partial charge in [-0.1, -0.05) is 41.6 Å². The Morgan fingerprint density at radius 1 is 1.04 bits per heavy atom. The fourth-order valence-electron chi connectivity index (χ4n) is 1.92. The minimum Gasteiger partial charge on any atom is -0.266 e. The summed E-state index contributed by atoms with van der Waals surface area (Å²) in [6.45, 7) is 0. The first-order valence-electron chi connectivity index (χ1n) is 6.52. The van der Waals surface area contributed by atoms with Gasteiger partial charge in [-0.3, -0.25) is 4.79 Å². The van der Waals surface area contributed by atoms with Crippen molar-refractivity contribution in [2.45, 2.75) is 9.79 Å². The molecule has 23 heavy (non-hydrogen) atoms. The van der Waals surface area contributed by atoms with Gasteiger partial charge in [0.2, 0.25) is 0 Å². The number of hydrogen-bond acceptors (Lipinski definition) is 3. The summed E-state index contributed by atoms with van der Waals surface area (Å²) in [4.78, 5) is 12.8. The summed E-state index contributed by atoms with van der Waals surface area (Å²) in [5.41, 5.74) is 0.0642. The zero-order valence-corrected chi connectivity index (χ0v) is 13.1. The molecule has 0 spiro atoms. The van der Waals surface area contributed by atoms with Crippen LogP contribution in [0.25, 0.3) is 5.69 Å². The summed E-state index contributed by atoms with van der Waals surface area (Å²) in [6, 6.07) is 12.0. The fraction of sp³-hybridized carbons (Fsp3) is 0. The Morgan fingerprint density at radius 3 is 2.48 bits per heavy atom. The predicted molar refractivity (Wildman–Crippen MR) is 85.3 cm³/mol. The molecule has 0 saturated carbocycles. The summed E-state index contributed by atoms with van der Waals surface area (Å²) in [5, 5.41) is 3.98. The molecular weight excluding hydrogens is 342 g/mol. The van der Waals surface area contributed by atoms with Crippen molar-refractivity contribution in [1.82, 2.24) is 9.78 Å². The minimum atomic E-state index is -0.724. The van der Waals surface area contributed by atoms with Gasteiger partial charge < -0.3 is 0 Å². The Kier molecular flexibility index (Phi) is 4.45. The molecule has 0 radical (unpaired) electrons. The average Bonchev–Trinajstić information content (AvgIpc) is 2.55. The van der Waals surface area contributed by atoms with Gasteiger partial charge >= 0.3 is 0 Å². The zero-order chi connectivity index (χ0) is 16.4. The highest BCUT2D eigenvalue weighted by atomic mass is 35.5. The Balaban J connectivity index is 1.99. The maximum Gasteiger partial charge on any atom is 0.291 e. The highest BCUT2D eigenvalue weighted by Gasteiger charge is 2.14. The zero-order valence-electron chi connectivity index (χ0n) is 11.5. The molecule has 0 amide bonds. The van der Waals surface area contributed by atoms with Gasteiger partial charge in [0.05, 0.1) is 16.8 Å². The van der Waals surface area contributed by atoms with Gasteiger partial charge in [0.15, 0.2) is 0 Å². The van der Waals surface area contributed by atoms with Crippen molar-refractivity contribution >= 4 is 23.4 Å². The Bertz CT molecular complexity index is 916. The first-order chi connectivity index (χ1) is 11.1. The molecule has 1 heterocycles. The van der Waals surface area contributed by atoms with Gasteiger partial charge in [0.25, 0.3) is 5.56 Å². The summed E-state index contributed by atoms with van der Waals surface area (Å²) >= 11 is 7.01. The fourth-order valence-corrected chi connectivity index (χ4v) is 2.97. The van der Waals surface area contributed by atoms with Gasteiger partial charge in [0, 0.05) is 11.0 Å². The van der Waals surface area contributed by atoms with Crippen LogP contribution in [0.5, 0.6) is 0 Å². The van der Waals surface area contributed by atoms with Crippen LogP contribution in [0.4, 0.5) is 8.78 Å². The van der Waals surface area contributed by atoms with Gasteiger partial charge in [-0.15, -0.1) is 0 Å². The van der Waals surface area contributed by atoms with E-state index in [1.54, 1.807) is 24.3 Å². The van der Waals surface area contributed by atoms with Crippen molar-refractivity contribution in [1.29, 1.82) is 0 Å². The number of benzene rings is 2. The molecule has 7 heteroatoms. The second-order valence-electron chi connectivity index (χ2n) is 4.55. The molecule has 0 atom stereocenters. The first-order valence-corrected chi connectivity index (χ1v) is 7.72. The quantitative estimate of drug-likeness (QED) is 0.705. The predicted octanol–water partition coefficient (Wildman–Crippen LogP) is 4.32. The Morgan fingerprint density at radius 2 is 1.78 bits per heavy atom. The lowest BCUT2D eigenvalue weighted by molar-refractivity contribution is 0.565. The van der Waals surface area contributed by atoms with E-state index in [0.717, 1.165) is 28.6 Å². The molecule has 3 rings (SSSR count). The highest BCUT2D eigenvalue weighted by Crippen LogP contribution is 2.32. The number of nitrogens with zero attached hydrogens (tertiary/aromatic N) is 2. The normalized spacial score (nSPS) is 10.7. The molecule has 0 aliphatic carbocycles. The molecule has 0 saturated heterocycles. The lowest BCUT2D eigenvalue weighted by Crippen LogP contribution is -2.21. The standard InChI is InChI=1S/C16H9ClF2N2OS/c17-15-14(23-13-7-6-10(18)8-12(13)19)9-20-21(16(15)22)11-4-2-1-3-5-11/h1-9H. The van der Waals surface area contributed by atoms with Crippen LogP contribution in [0.2, 0.25) is 5.02 Å². The van der Waals surface area contributed by atoms with E-state index in [9.17, 15) is 13.6 Å². The molecule has 116 valence electrons. The maximum atomic E-state index is 13.7. The molecule has 2 aromatic carbocycles. The van der Waals surface area contributed by atoms with E-state index in [1.165, 1.54) is 12.3 Å². The van der Waals surface area contributed by atoms with Crippen LogP contribution in [-0.4, -0.2) is 9.78 Å². The summed E-state index contributed by atoms with van der Waals surface area (Å²) in [6.07, 6.45) is 1.38. The molecule has 0 N–H and O–H groups in total. The minimum absolute atomic E-state index is 0.0717. The topological polar surface area (TPSA) is 34.9 Å². The van der Waals surface area contributed by atoms with E-state index in [0.29, 0.717) is 10.6 Å². The van der Waals surface area contributed by atoms with Crippen molar-refractivity contribution in [2.75, 3.05) is 0 Å². The highest BCUT2D eigenvalue weighted by molar-refractivity contribution is 7.99. The molecular formula is C16H9ClF2N2OS. The van der Waals surface area contributed by atoms with Crippen LogP contribution < -0.4 is 5.56 Å². The Hall–Kier alpha value is -2.18.